The maximum Gasteiger partial charge on any atom is 0.392 e. The van der Waals surface area contributed by atoms with Crippen LogP contribution in [0, 0.1) is 0 Å². The minimum absolute atomic E-state index is 0.327. The molecule has 0 aliphatic carbocycles. The largest absolute Gasteiger partial charge is 0.392 e. The lowest BCUT2D eigenvalue weighted by Crippen LogP contribution is -2.27. The number of hydrogen-bond acceptors (Lipinski definition) is 3. The van der Waals surface area contributed by atoms with Crippen molar-refractivity contribution in [1.29, 1.82) is 0 Å². The predicted molar refractivity (Wildman–Crippen MR) is 50.3 cm³/mol. The van der Waals surface area contributed by atoms with Gasteiger partial charge in [-0.05, 0) is 12.1 Å². The lowest BCUT2D eigenvalue weighted by Gasteiger charge is -2.13. The molecule has 0 bridgehead atoms. The van der Waals surface area contributed by atoms with Crippen molar-refractivity contribution in [2.75, 3.05) is 0 Å². The molecule has 0 amide bonds. The Morgan fingerprint density at radius 3 is 2.12 bits per heavy atom. The molecule has 0 fully saturated rings. The molecule has 0 aliphatic rings. The number of aliphatic hydroxyl groups is 1. The van der Waals surface area contributed by atoms with Crippen molar-refractivity contribution in [2.45, 2.75) is 22.9 Å². The van der Waals surface area contributed by atoms with E-state index in [0.29, 0.717) is 0 Å². The van der Waals surface area contributed by atoms with Gasteiger partial charge in [-0.3, -0.25) is 0 Å². The normalized spacial score (nSPS) is 14.8. The van der Waals surface area contributed by atoms with Crippen molar-refractivity contribution in [3.63, 3.8) is 0 Å². The van der Waals surface area contributed by atoms with Gasteiger partial charge in [-0.1, -0.05) is 18.2 Å². The van der Waals surface area contributed by atoms with E-state index in [9.17, 15) is 21.6 Å². The van der Waals surface area contributed by atoms with Crippen LogP contribution >= 0.6 is 0 Å². The topological polar surface area (TPSA) is 54.4 Å². The number of rotatable bonds is 3. The molecule has 0 unspecified atom stereocenters. The summed E-state index contributed by atoms with van der Waals surface area (Å²) >= 11 is 0. The van der Waals surface area contributed by atoms with Gasteiger partial charge in [0.25, 0.3) is 0 Å². The summed E-state index contributed by atoms with van der Waals surface area (Å²) < 4.78 is 58.7. The van der Waals surface area contributed by atoms with Crippen LogP contribution in [0.1, 0.15) is 6.42 Å². The average Bonchev–Trinajstić information content (AvgIpc) is 2.16. The molecule has 0 radical (unpaired) electrons. The Hall–Kier alpha value is -1.08. The minimum atomic E-state index is -4.72. The highest BCUT2D eigenvalue weighted by atomic mass is 32.2. The molecule has 0 aliphatic heterocycles. The van der Waals surface area contributed by atoms with Gasteiger partial charge in [-0.2, -0.15) is 13.2 Å². The summed E-state index contributed by atoms with van der Waals surface area (Å²) in [6, 6.07) is 6.53. The molecule has 0 heterocycles. The maximum absolute atomic E-state index is 11.9. The van der Waals surface area contributed by atoms with E-state index in [1.807, 2.05) is 0 Å². The highest BCUT2D eigenvalue weighted by molar-refractivity contribution is 7.91. The van der Waals surface area contributed by atoms with E-state index in [4.69, 9.17) is 5.11 Å². The molecule has 0 spiro atoms. The third-order valence-corrected chi connectivity index (χ3v) is 3.65. The molecular formula is C9H9F3O3S. The Morgan fingerprint density at radius 2 is 1.69 bits per heavy atom. The molecule has 0 aromatic heterocycles. The molecule has 0 saturated heterocycles. The van der Waals surface area contributed by atoms with Gasteiger partial charge in [-0.25, -0.2) is 8.42 Å². The van der Waals surface area contributed by atoms with Gasteiger partial charge < -0.3 is 5.11 Å². The molecule has 1 N–H and O–H groups in total. The van der Waals surface area contributed by atoms with Crippen LogP contribution in [0.2, 0.25) is 0 Å². The zero-order valence-corrected chi connectivity index (χ0v) is 8.79. The zero-order valence-electron chi connectivity index (χ0n) is 7.98. The second-order valence-corrected chi connectivity index (χ2v) is 5.24. The molecule has 7 heteroatoms. The van der Waals surface area contributed by atoms with Crippen molar-refractivity contribution in [1.82, 2.24) is 0 Å². The van der Waals surface area contributed by atoms with Crippen LogP contribution in [-0.2, 0) is 9.84 Å². The molecule has 1 aromatic carbocycles. The third kappa shape index (κ3) is 3.21. The SMILES string of the molecule is O=S(=O)(c1ccccc1)[C@@H](O)CC(F)(F)F. The van der Waals surface area contributed by atoms with Crippen LogP contribution in [0.4, 0.5) is 13.2 Å². The van der Waals surface area contributed by atoms with Gasteiger partial charge in [0, 0.05) is 0 Å². The lowest BCUT2D eigenvalue weighted by molar-refractivity contribution is -0.145. The van der Waals surface area contributed by atoms with Gasteiger partial charge >= 0.3 is 6.18 Å². The Morgan fingerprint density at radius 1 is 1.19 bits per heavy atom. The number of hydrogen-bond donors (Lipinski definition) is 1. The predicted octanol–water partition coefficient (Wildman–Crippen LogP) is 1.73. The maximum atomic E-state index is 11.9. The van der Waals surface area contributed by atoms with Gasteiger partial charge in [0.1, 0.15) is 0 Å². The van der Waals surface area contributed by atoms with Crippen molar-refractivity contribution >= 4 is 9.84 Å². The monoisotopic (exact) mass is 254 g/mol. The fourth-order valence-electron chi connectivity index (χ4n) is 1.07. The molecule has 90 valence electrons. The number of benzene rings is 1. The molecule has 1 rings (SSSR count). The summed E-state index contributed by atoms with van der Waals surface area (Å²) in [5, 5.41) is 9.06. The second-order valence-electron chi connectivity index (χ2n) is 3.13. The Balaban J connectivity index is 2.96. The number of sulfone groups is 1. The first-order chi connectivity index (χ1) is 7.23. The van der Waals surface area contributed by atoms with E-state index >= 15 is 0 Å². The first-order valence-corrected chi connectivity index (χ1v) is 5.82. The van der Waals surface area contributed by atoms with Gasteiger partial charge in [0.15, 0.2) is 5.44 Å². The summed E-state index contributed by atoms with van der Waals surface area (Å²) in [5.74, 6) is 0. The van der Waals surface area contributed by atoms with Crippen molar-refractivity contribution < 1.29 is 26.7 Å². The van der Waals surface area contributed by atoms with Crippen LogP contribution in [0.15, 0.2) is 35.2 Å². The minimum Gasteiger partial charge on any atom is -0.376 e. The summed E-state index contributed by atoms with van der Waals surface area (Å²) in [6.45, 7) is 0. The standard InChI is InChI=1S/C9H9F3O3S/c10-9(11,12)6-8(13)16(14,15)7-4-2-1-3-5-7/h1-5,8,13H,6H2/t8-/m1/s1. The van der Waals surface area contributed by atoms with E-state index in [1.54, 1.807) is 0 Å². The van der Waals surface area contributed by atoms with Crippen LogP contribution in [0.5, 0.6) is 0 Å². The summed E-state index contributed by atoms with van der Waals surface area (Å²) in [7, 11) is -4.34. The lowest BCUT2D eigenvalue weighted by atomic mass is 10.4. The first kappa shape index (κ1) is 13.0. The quantitative estimate of drug-likeness (QED) is 0.893. The highest BCUT2D eigenvalue weighted by Gasteiger charge is 2.37. The summed E-state index contributed by atoms with van der Waals surface area (Å²) in [5.41, 5.74) is -2.46. The number of alkyl halides is 3. The fourth-order valence-corrected chi connectivity index (χ4v) is 2.33. The number of aliphatic hydroxyl groups excluding tert-OH is 1. The van der Waals surface area contributed by atoms with Crippen molar-refractivity contribution in [3.05, 3.63) is 30.3 Å². The van der Waals surface area contributed by atoms with Crippen LogP contribution in [0.25, 0.3) is 0 Å². The highest BCUT2D eigenvalue weighted by Crippen LogP contribution is 2.26. The van der Waals surface area contributed by atoms with Crippen LogP contribution < -0.4 is 0 Å². The molecule has 1 atom stereocenters. The van der Waals surface area contributed by atoms with Gasteiger partial charge in [0.05, 0.1) is 11.3 Å². The Bertz CT molecular complexity index is 439. The summed E-state index contributed by atoms with van der Waals surface area (Å²) in [6.07, 6.45) is -6.49. The van der Waals surface area contributed by atoms with Gasteiger partial charge in [0.2, 0.25) is 9.84 Å². The van der Waals surface area contributed by atoms with Crippen LogP contribution in [-0.4, -0.2) is 25.1 Å². The molecule has 1 aromatic rings. The molecule has 0 saturated carbocycles. The van der Waals surface area contributed by atoms with E-state index in [1.165, 1.54) is 18.2 Å². The second kappa shape index (κ2) is 4.42. The molecule has 16 heavy (non-hydrogen) atoms. The average molecular weight is 254 g/mol. The van der Waals surface area contributed by atoms with Crippen molar-refractivity contribution in [3.8, 4) is 0 Å². The zero-order chi connectivity index (χ0) is 12.4. The fraction of sp³-hybridized carbons (Fsp3) is 0.333. The van der Waals surface area contributed by atoms with Gasteiger partial charge in [-0.15, -0.1) is 0 Å². The van der Waals surface area contributed by atoms with E-state index in [2.05, 4.69) is 0 Å². The molecular weight excluding hydrogens is 245 g/mol. The Kier molecular flexibility index (Phi) is 3.59. The molecule has 3 nitrogen and oxygen atoms in total. The van der Waals surface area contributed by atoms with Crippen molar-refractivity contribution in [2.24, 2.45) is 0 Å². The van der Waals surface area contributed by atoms with E-state index in [0.717, 1.165) is 12.1 Å². The first-order valence-electron chi connectivity index (χ1n) is 4.27. The smallest absolute Gasteiger partial charge is 0.376 e. The third-order valence-electron chi connectivity index (χ3n) is 1.84. The summed E-state index contributed by atoms with van der Waals surface area (Å²) in [4.78, 5) is -0.327. The van der Waals surface area contributed by atoms with E-state index in [-0.39, 0.29) is 4.90 Å². The number of halogens is 3. The van der Waals surface area contributed by atoms with Crippen LogP contribution in [0.3, 0.4) is 0 Å². The Labute approximate surface area is 90.4 Å². The van der Waals surface area contributed by atoms with E-state index < -0.39 is 27.9 Å².